The van der Waals surface area contributed by atoms with Gasteiger partial charge in [-0.2, -0.15) is 0 Å². The Kier molecular flexibility index (Phi) is 7.14. The Morgan fingerprint density at radius 3 is 2.29 bits per heavy atom. The largest absolute Gasteiger partial charge is 0.313 e. The number of likely N-dealkylation sites (tertiary alicyclic amines) is 1. The Balaban J connectivity index is 2.36. The minimum absolute atomic E-state index is 0.706. The van der Waals surface area contributed by atoms with Gasteiger partial charge >= 0.3 is 0 Å². The van der Waals surface area contributed by atoms with E-state index >= 15 is 0 Å². The van der Waals surface area contributed by atoms with Crippen LogP contribution in [0.4, 0.5) is 0 Å². The highest BCUT2D eigenvalue weighted by Crippen LogP contribution is 2.21. The molecule has 0 bridgehead atoms. The highest BCUT2D eigenvalue weighted by atomic mass is 15.2. The fourth-order valence-corrected chi connectivity index (χ4v) is 3.21. The molecule has 1 heterocycles. The van der Waals surface area contributed by atoms with Crippen LogP contribution >= 0.6 is 0 Å². The van der Waals surface area contributed by atoms with Crippen molar-refractivity contribution in [3.63, 3.8) is 0 Å². The first kappa shape index (κ1) is 15.0. The fourth-order valence-electron chi connectivity index (χ4n) is 3.21. The summed E-state index contributed by atoms with van der Waals surface area (Å²) in [6, 6.07) is 0.706. The molecule has 17 heavy (non-hydrogen) atoms. The van der Waals surface area contributed by atoms with Crippen molar-refractivity contribution in [3.05, 3.63) is 0 Å². The quantitative estimate of drug-likeness (QED) is 0.735. The second-order valence-corrected chi connectivity index (χ2v) is 6.10. The van der Waals surface area contributed by atoms with E-state index in [9.17, 15) is 0 Å². The van der Waals surface area contributed by atoms with Crippen LogP contribution in [0.5, 0.6) is 0 Å². The van der Waals surface area contributed by atoms with Gasteiger partial charge in [-0.25, -0.2) is 0 Å². The minimum Gasteiger partial charge on any atom is -0.313 e. The molecule has 1 N–H and O–H groups in total. The monoisotopic (exact) mass is 240 g/mol. The van der Waals surface area contributed by atoms with E-state index < -0.39 is 0 Å². The van der Waals surface area contributed by atoms with Crippen molar-refractivity contribution in [1.29, 1.82) is 0 Å². The maximum Gasteiger partial charge on any atom is 0.0194 e. The summed E-state index contributed by atoms with van der Waals surface area (Å²) in [4.78, 5) is 2.68. The summed E-state index contributed by atoms with van der Waals surface area (Å²) in [6.45, 7) is 14.4. The molecule has 1 rings (SSSR count). The van der Waals surface area contributed by atoms with E-state index in [4.69, 9.17) is 0 Å². The first-order valence-electron chi connectivity index (χ1n) is 7.61. The van der Waals surface area contributed by atoms with E-state index in [0.29, 0.717) is 6.04 Å². The van der Waals surface area contributed by atoms with Gasteiger partial charge in [-0.3, -0.25) is 0 Å². The predicted octanol–water partition coefficient (Wildman–Crippen LogP) is 3.13. The average molecular weight is 240 g/mol. The van der Waals surface area contributed by atoms with Gasteiger partial charge in [0, 0.05) is 25.7 Å². The van der Waals surface area contributed by atoms with Gasteiger partial charge in [-0.05, 0) is 37.6 Å². The summed E-state index contributed by atoms with van der Waals surface area (Å²) in [5.41, 5.74) is 0. The molecule has 3 unspecified atom stereocenters. The Labute approximate surface area is 108 Å². The van der Waals surface area contributed by atoms with Gasteiger partial charge in [0.15, 0.2) is 0 Å². The maximum atomic E-state index is 3.71. The van der Waals surface area contributed by atoms with E-state index in [1.807, 2.05) is 0 Å². The number of hydrogen-bond acceptors (Lipinski definition) is 2. The number of nitrogens with zero attached hydrogens (tertiary/aromatic N) is 1. The van der Waals surface area contributed by atoms with Gasteiger partial charge < -0.3 is 10.2 Å². The van der Waals surface area contributed by atoms with Gasteiger partial charge in [-0.1, -0.05) is 34.1 Å². The lowest BCUT2D eigenvalue weighted by molar-refractivity contribution is 0.126. The van der Waals surface area contributed by atoms with Crippen molar-refractivity contribution in [2.45, 2.75) is 59.4 Å². The predicted molar refractivity (Wildman–Crippen MR) is 76.4 cm³/mol. The van der Waals surface area contributed by atoms with Gasteiger partial charge in [0.2, 0.25) is 0 Å². The highest BCUT2D eigenvalue weighted by Gasteiger charge is 2.23. The molecule has 2 heteroatoms. The summed E-state index contributed by atoms with van der Waals surface area (Å²) < 4.78 is 0. The summed E-state index contributed by atoms with van der Waals surface area (Å²) in [6.07, 6.45) is 5.27. The second kappa shape index (κ2) is 8.10. The van der Waals surface area contributed by atoms with Gasteiger partial charge in [0.1, 0.15) is 0 Å². The summed E-state index contributed by atoms with van der Waals surface area (Å²) in [5.74, 6) is 1.76. The van der Waals surface area contributed by atoms with Crippen LogP contribution in [0.3, 0.4) is 0 Å². The summed E-state index contributed by atoms with van der Waals surface area (Å²) in [5, 5.41) is 3.71. The van der Waals surface area contributed by atoms with E-state index in [2.05, 4.69) is 37.9 Å². The topological polar surface area (TPSA) is 15.3 Å². The number of rotatable bonds is 7. The zero-order valence-electron chi connectivity index (χ0n) is 12.3. The molecule has 102 valence electrons. The Bertz CT molecular complexity index is 183. The number of nitrogens with one attached hydrogen (secondary N) is 1. The average Bonchev–Trinajstić information content (AvgIpc) is 2.24. The van der Waals surface area contributed by atoms with Gasteiger partial charge in [-0.15, -0.1) is 0 Å². The van der Waals surface area contributed by atoms with Crippen molar-refractivity contribution in [1.82, 2.24) is 10.2 Å². The molecular formula is C15H32N2. The fraction of sp³-hybridized carbons (Fsp3) is 1.00. The normalized spacial score (nSPS) is 28.2. The van der Waals surface area contributed by atoms with Crippen molar-refractivity contribution in [2.75, 3.05) is 26.2 Å². The lowest BCUT2D eigenvalue weighted by atomic mass is 9.91. The van der Waals surface area contributed by atoms with Gasteiger partial charge in [0.25, 0.3) is 0 Å². The highest BCUT2D eigenvalue weighted by molar-refractivity contribution is 4.79. The van der Waals surface area contributed by atoms with E-state index in [-0.39, 0.29) is 0 Å². The van der Waals surface area contributed by atoms with Crippen molar-refractivity contribution in [3.8, 4) is 0 Å². The molecule has 1 aliphatic heterocycles. The van der Waals surface area contributed by atoms with Crippen LogP contribution in [0.25, 0.3) is 0 Å². The summed E-state index contributed by atoms with van der Waals surface area (Å²) >= 11 is 0. The zero-order valence-corrected chi connectivity index (χ0v) is 12.3. The first-order chi connectivity index (χ1) is 8.15. The van der Waals surface area contributed by atoms with E-state index in [1.54, 1.807) is 0 Å². The molecule has 0 aromatic carbocycles. The van der Waals surface area contributed by atoms with Crippen LogP contribution in [-0.2, 0) is 0 Å². The van der Waals surface area contributed by atoms with Crippen LogP contribution in [-0.4, -0.2) is 37.1 Å². The Morgan fingerprint density at radius 1 is 1.12 bits per heavy atom. The lowest BCUT2D eigenvalue weighted by Crippen LogP contribution is -2.46. The zero-order chi connectivity index (χ0) is 12.7. The first-order valence-corrected chi connectivity index (χ1v) is 7.61. The van der Waals surface area contributed by atoms with Crippen LogP contribution in [0, 0.1) is 11.8 Å². The summed E-state index contributed by atoms with van der Waals surface area (Å²) in [7, 11) is 0. The third kappa shape index (κ3) is 5.87. The SMILES string of the molecule is CCCNC(CCC)CN1CC(C)CC(C)C1. The van der Waals surface area contributed by atoms with Gasteiger partial charge in [0.05, 0.1) is 0 Å². The molecule has 0 aromatic heterocycles. The minimum atomic E-state index is 0.706. The molecule has 0 spiro atoms. The molecular weight excluding hydrogens is 208 g/mol. The van der Waals surface area contributed by atoms with Crippen molar-refractivity contribution in [2.24, 2.45) is 11.8 Å². The second-order valence-electron chi connectivity index (χ2n) is 6.10. The van der Waals surface area contributed by atoms with Crippen LogP contribution in [0.15, 0.2) is 0 Å². The van der Waals surface area contributed by atoms with Crippen molar-refractivity contribution < 1.29 is 0 Å². The number of hydrogen-bond donors (Lipinski definition) is 1. The standard InChI is InChI=1S/C15H32N2/c1-5-7-15(16-8-6-2)12-17-10-13(3)9-14(4)11-17/h13-16H,5-12H2,1-4H3. The van der Waals surface area contributed by atoms with Crippen LogP contribution < -0.4 is 5.32 Å². The lowest BCUT2D eigenvalue weighted by Gasteiger charge is -2.37. The molecule has 0 aliphatic carbocycles. The molecule has 0 radical (unpaired) electrons. The van der Waals surface area contributed by atoms with Crippen LogP contribution in [0.2, 0.25) is 0 Å². The smallest absolute Gasteiger partial charge is 0.0194 e. The Hall–Kier alpha value is -0.0800. The third-order valence-electron chi connectivity index (χ3n) is 3.74. The molecule has 1 saturated heterocycles. The molecule has 1 aliphatic rings. The number of piperidine rings is 1. The molecule has 1 fully saturated rings. The third-order valence-corrected chi connectivity index (χ3v) is 3.74. The molecule has 0 aromatic rings. The molecule has 2 nitrogen and oxygen atoms in total. The molecule has 0 amide bonds. The van der Waals surface area contributed by atoms with Crippen molar-refractivity contribution >= 4 is 0 Å². The van der Waals surface area contributed by atoms with Crippen LogP contribution in [0.1, 0.15) is 53.4 Å². The van der Waals surface area contributed by atoms with E-state index in [1.165, 1.54) is 51.9 Å². The van der Waals surface area contributed by atoms with E-state index in [0.717, 1.165) is 11.8 Å². The Morgan fingerprint density at radius 2 is 1.76 bits per heavy atom. The molecule has 0 saturated carbocycles. The maximum absolute atomic E-state index is 3.71. The molecule has 3 atom stereocenters.